The average molecular weight is 325 g/mol. The third-order valence-electron chi connectivity index (χ3n) is 3.66. The second-order valence-corrected chi connectivity index (χ2v) is 7.52. The number of rotatable bonds is 8. The van der Waals surface area contributed by atoms with E-state index in [0.29, 0.717) is 12.1 Å². The molecule has 1 rings (SSSR count). The van der Waals surface area contributed by atoms with Crippen LogP contribution in [0.15, 0.2) is 17.1 Å². The fraction of sp³-hybridized carbons (Fsp3) is 0.706. The summed E-state index contributed by atoms with van der Waals surface area (Å²) in [6.45, 7) is 14.1. The van der Waals surface area contributed by atoms with Crippen LogP contribution in [-0.4, -0.2) is 43.1 Å². The second kappa shape index (κ2) is 9.85. The van der Waals surface area contributed by atoms with Crippen molar-refractivity contribution in [2.75, 3.05) is 20.1 Å². The molecule has 1 aromatic heterocycles. The lowest BCUT2D eigenvalue weighted by molar-refractivity contribution is 0.173. The topological polar surface area (TPSA) is 39.7 Å². The van der Waals surface area contributed by atoms with Gasteiger partial charge in [0.15, 0.2) is 5.96 Å². The largest absolute Gasteiger partial charge is 0.356 e. The Kier molecular flexibility index (Phi) is 8.49. The Morgan fingerprint density at radius 3 is 2.36 bits per heavy atom. The molecule has 2 N–H and O–H groups in total. The normalized spacial score (nSPS) is 12.5. The summed E-state index contributed by atoms with van der Waals surface area (Å²) in [5.41, 5.74) is 0. The molecule has 0 spiro atoms. The highest BCUT2D eigenvalue weighted by atomic mass is 32.1. The highest BCUT2D eigenvalue weighted by Crippen LogP contribution is 2.14. The van der Waals surface area contributed by atoms with Crippen LogP contribution in [0.25, 0.3) is 0 Å². The third-order valence-corrected chi connectivity index (χ3v) is 4.66. The molecule has 0 amide bonds. The first-order valence-corrected chi connectivity index (χ1v) is 9.01. The Hall–Kier alpha value is -1.07. The maximum absolute atomic E-state index is 4.28. The van der Waals surface area contributed by atoms with E-state index >= 15 is 0 Å². The molecule has 1 aromatic rings. The zero-order valence-electron chi connectivity index (χ0n) is 14.9. The smallest absolute Gasteiger partial charge is 0.191 e. The molecule has 5 heteroatoms. The SMILES string of the molecule is CN=C(NCCCN(C(C)C)C(C)C)NCc1ccc(C)s1. The summed E-state index contributed by atoms with van der Waals surface area (Å²) in [4.78, 5) is 9.49. The van der Waals surface area contributed by atoms with Crippen LogP contribution in [0.5, 0.6) is 0 Å². The molecule has 0 fully saturated rings. The van der Waals surface area contributed by atoms with Gasteiger partial charge in [0, 0.05) is 42.0 Å². The van der Waals surface area contributed by atoms with E-state index in [1.54, 1.807) is 0 Å². The van der Waals surface area contributed by atoms with Crippen LogP contribution < -0.4 is 10.6 Å². The van der Waals surface area contributed by atoms with Crippen molar-refractivity contribution in [2.24, 2.45) is 4.99 Å². The van der Waals surface area contributed by atoms with Crippen molar-refractivity contribution in [3.05, 3.63) is 21.9 Å². The first-order chi connectivity index (χ1) is 10.4. The molecular weight excluding hydrogens is 292 g/mol. The van der Waals surface area contributed by atoms with Gasteiger partial charge < -0.3 is 10.6 Å². The van der Waals surface area contributed by atoms with E-state index in [1.807, 2.05) is 18.4 Å². The minimum Gasteiger partial charge on any atom is -0.356 e. The molecule has 4 nitrogen and oxygen atoms in total. The van der Waals surface area contributed by atoms with Gasteiger partial charge in [0.05, 0.1) is 6.54 Å². The molecule has 0 saturated heterocycles. The summed E-state index contributed by atoms with van der Waals surface area (Å²) in [7, 11) is 1.82. The average Bonchev–Trinajstić information content (AvgIpc) is 2.86. The van der Waals surface area contributed by atoms with E-state index in [-0.39, 0.29) is 0 Å². The minimum absolute atomic E-state index is 0.597. The predicted molar refractivity (Wildman–Crippen MR) is 98.9 cm³/mol. The van der Waals surface area contributed by atoms with Crippen LogP contribution in [0.1, 0.15) is 43.9 Å². The van der Waals surface area contributed by atoms with Crippen LogP contribution >= 0.6 is 11.3 Å². The molecule has 1 heterocycles. The number of hydrogen-bond acceptors (Lipinski definition) is 3. The van der Waals surface area contributed by atoms with Crippen molar-refractivity contribution >= 4 is 17.3 Å². The number of hydrogen-bond donors (Lipinski definition) is 2. The van der Waals surface area contributed by atoms with Crippen molar-refractivity contribution in [3.63, 3.8) is 0 Å². The van der Waals surface area contributed by atoms with Crippen molar-refractivity contribution in [3.8, 4) is 0 Å². The molecule has 0 bridgehead atoms. The molecule has 0 aliphatic carbocycles. The lowest BCUT2D eigenvalue weighted by Gasteiger charge is -2.30. The minimum atomic E-state index is 0.597. The lowest BCUT2D eigenvalue weighted by Crippen LogP contribution is -2.41. The molecule has 0 atom stereocenters. The highest BCUT2D eigenvalue weighted by Gasteiger charge is 2.12. The Morgan fingerprint density at radius 2 is 1.86 bits per heavy atom. The van der Waals surface area contributed by atoms with E-state index in [2.05, 4.69) is 67.3 Å². The van der Waals surface area contributed by atoms with Gasteiger partial charge in [-0.15, -0.1) is 11.3 Å². The molecule has 22 heavy (non-hydrogen) atoms. The predicted octanol–water partition coefficient (Wildman–Crippen LogP) is 3.23. The van der Waals surface area contributed by atoms with Gasteiger partial charge in [-0.25, -0.2) is 0 Å². The van der Waals surface area contributed by atoms with Gasteiger partial charge in [0.25, 0.3) is 0 Å². The highest BCUT2D eigenvalue weighted by molar-refractivity contribution is 7.11. The van der Waals surface area contributed by atoms with Gasteiger partial charge >= 0.3 is 0 Å². The maximum atomic E-state index is 4.28. The van der Waals surface area contributed by atoms with Crippen molar-refractivity contribution in [1.29, 1.82) is 0 Å². The molecule has 0 saturated carbocycles. The lowest BCUT2D eigenvalue weighted by atomic mass is 10.2. The number of nitrogens with zero attached hydrogens (tertiary/aromatic N) is 2. The Morgan fingerprint density at radius 1 is 1.18 bits per heavy atom. The molecular formula is C17H32N4S. The van der Waals surface area contributed by atoms with Gasteiger partial charge in [-0.2, -0.15) is 0 Å². The molecule has 0 aromatic carbocycles. The van der Waals surface area contributed by atoms with Crippen molar-refractivity contribution in [1.82, 2.24) is 15.5 Å². The number of aliphatic imine (C=N–C) groups is 1. The number of aryl methyl sites for hydroxylation is 1. The summed E-state index contributed by atoms with van der Waals surface area (Å²) >= 11 is 1.83. The van der Waals surface area contributed by atoms with Gasteiger partial charge in [-0.1, -0.05) is 0 Å². The number of thiophene rings is 1. The van der Waals surface area contributed by atoms with Crippen LogP contribution in [0.2, 0.25) is 0 Å². The molecule has 0 radical (unpaired) electrons. The first kappa shape index (κ1) is 19.0. The maximum Gasteiger partial charge on any atom is 0.191 e. The van der Waals surface area contributed by atoms with Crippen molar-refractivity contribution in [2.45, 2.75) is 59.7 Å². The molecule has 0 aliphatic heterocycles. The van der Waals surface area contributed by atoms with Crippen molar-refractivity contribution < 1.29 is 0 Å². The van der Waals surface area contributed by atoms with Crippen LogP contribution in [0, 0.1) is 6.92 Å². The summed E-state index contributed by atoms with van der Waals surface area (Å²) in [6, 6.07) is 5.52. The van der Waals surface area contributed by atoms with Gasteiger partial charge in [-0.3, -0.25) is 9.89 Å². The number of nitrogens with one attached hydrogen (secondary N) is 2. The quantitative estimate of drug-likeness (QED) is 0.438. The number of guanidine groups is 1. The Labute approximate surface area is 140 Å². The van der Waals surface area contributed by atoms with Crippen LogP contribution in [-0.2, 0) is 6.54 Å². The molecule has 126 valence electrons. The summed E-state index contributed by atoms with van der Waals surface area (Å²) < 4.78 is 0. The first-order valence-electron chi connectivity index (χ1n) is 8.19. The molecule has 0 unspecified atom stereocenters. The van der Waals surface area contributed by atoms with E-state index in [0.717, 1.165) is 32.0 Å². The van der Waals surface area contributed by atoms with Gasteiger partial charge in [0.1, 0.15) is 0 Å². The van der Waals surface area contributed by atoms with Crippen LogP contribution in [0.4, 0.5) is 0 Å². The van der Waals surface area contributed by atoms with E-state index in [4.69, 9.17) is 0 Å². The van der Waals surface area contributed by atoms with E-state index in [1.165, 1.54) is 9.75 Å². The second-order valence-electron chi connectivity index (χ2n) is 6.14. The summed E-state index contributed by atoms with van der Waals surface area (Å²) in [6.07, 6.45) is 1.12. The van der Waals surface area contributed by atoms with Gasteiger partial charge in [0.2, 0.25) is 0 Å². The third kappa shape index (κ3) is 6.79. The molecule has 0 aliphatic rings. The zero-order valence-corrected chi connectivity index (χ0v) is 15.8. The van der Waals surface area contributed by atoms with E-state index < -0.39 is 0 Å². The fourth-order valence-electron chi connectivity index (χ4n) is 2.55. The standard InChI is InChI=1S/C17H32N4S/c1-13(2)21(14(3)4)11-7-10-19-17(18-6)20-12-16-9-8-15(5)22-16/h8-9,13-14H,7,10-12H2,1-6H3,(H2,18,19,20). The summed E-state index contributed by atoms with van der Waals surface area (Å²) in [5, 5.41) is 6.76. The monoisotopic (exact) mass is 324 g/mol. The Balaban J connectivity index is 2.26. The Bertz CT molecular complexity index is 443. The summed E-state index contributed by atoms with van der Waals surface area (Å²) in [5.74, 6) is 0.881. The zero-order chi connectivity index (χ0) is 16.5. The van der Waals surface area contributed by atoms with Crippen LogP contribution in [0.3, 0.4) is 0 Å². The van der Waals surface area contributed by atoms with E-state index in [9.17, 15) is 0 Å². The fourth-order valence-corrected chi connectivity index (χ4v) is 3.38. The van der Waals surface area contributed by atoms with Gasteiger partial charge in [-0.05, 0) is 53.2 Å².